The van der Waals surface area contributed by atoms with Gasteiger partial charge in [0.2, 0.25) is 5.91 Å². The highest BCUT2D eigenvalue weighted by Crippen LogP contribution is 2.10. The highest BCUT2D eigenvalue weighted by atomic mass is 16.2. The Morgan fingerprint density at radius 3 is 2.33 bits per heavy atom. The summed E-state index contributed by atoms with van der Waals surface area (Å²) < 4.78 is 2.60. The Labute approximate surface area is 157 Å². The lowest BCUT2D eigenvalue weighted by atomic mass is 10.1. The van der Waals surface area contributed by atoms with E-state index in [9.17, 15) is 14.4 Å². The Hall–Kier alpha value is -3.15. The summed E-state index contributed by atoms with van der Waals surface area (Å²) >= 11 is 0. The van der Waals surface area contributed by atoms with E-state index >= 15 is 0 Å². The molecule has 140 valence electrons. The molecule has 1 aromatic heterocycles. The molecule has 27 heavy (non-hydrogen) atoms. The molecule has 0 saturated carbocycles. The van der Waals surface area contributed by atoms with Crippen LogP contribution in [0.2, 0.25) is 0 Å². The fourth-order valence-corrected chi connectivity index (χ4v) is 2.97. The maximum absolute atomic E-state index is 13.0. The van der Waals surface area contributed by atoms with Crippen molar-refractivity contribution in [1.82, 2.24) is 9.13 Å². The zero-order chi connectivity index (χ0) is 19.4. The number of nitrogens with one attached hydrogen (secondary N) is 1. The summed E-state index contributed by atoms with van der Waals surface area (Å²) in [6.45, 7) is 4.26. The highest BCUT2D eigenvalue weighted by Gasteiger charge is 2.15. The minimum atomic E-state index is -0.456. The fourth-order valence-electron chi connectivity index (χ4n) is 2.97. The first-order valence-electron chi connectivity index (χ1n) is 9.04. The van der Waals surface area contributed by atoms with Gasteiger partial charge in [-0.15, -0.1) is 0 Å². The van der Waals surface area contributed by atoms with Gasteiger partial charge in [-0.05, 0) is 36.6 Å². The molecule has 0 aliphatic rings. The van der Waals surface area contributed by atoms with Crippen molar-refractivity contribution in [3.8, 4) is 0 Å². The van der Waals surface area contributed by atoms with Crippen LogP contribution in [0.4, 0.5) is 5.69 Å². The average Bonchev–Trinajstić information content (AvgIpc) is 2.65. The number of amides is 1. The van der Waals surface area contributed by atoms with E-state index in [1.165, 1.54) is 9.13 Å². The van der Waals surface area contributed by atoms with Crippen LogP contribution in [0.5, 0.6) is 0 Å². The van der Waals surface area contributed by atoms with Gasteiger partial charge in [-0.3, -0.25) is 18.7 Å². The van der Waals surface area contributed by atoms with E-state index in [2.05, 4.69) is 5.32 Å². The Balaban J connectivity index is 2.01. The molecular weight excluding hydrogens is 342 g/mol. The van der Waals surface area contributed by atoms with Crippen molar-refractivity contribution in [2.24, 2.45) is 5.92 Å². The lowest BCUT2D eigenvalue weighted by Gasteiger charge is -2.15. The van der Waals surface area contributed by atoms with Crippen molar-refractivity contribution in [2.45, 2.75) is 33.4 Å². The van der Waals surface area contributed by atoms with Gasteiger partial charge in [-0.2, -0.15) is 0 Å². The maximum atomic E-state index is 13.0. The zero-order valence-corrected chi connectivity index (χ0v) is 15.5. The third kappa shape index (κ3) is 4.16. The van der Waals surface area contributed by atoms with Crippen LogP contribution in [0.25, 0.3) is 10.9 Å². The van der Waals surface area contributed by atoms with Crippen molar-refractivity contribution >= 4 is 22.5 Å². The van der Waals surface area contributed by atoms with Gasteiger partial charge >= 0.3 is 5.69 Å². The SMILES string of the molecule is CC(C)CCn1c(=O)c2ccccc2n(CC(=O)Nc2ccccc2)c1=O. The van der Waals surface area contributed by atoms with E-state index in [0.717, 1.165) is 0 Å². The Morgan fingerprint density at radius 2 is 1.63 bits per heavy atom. The summed E-state index contributed by atoms with van der Waals surface area (Å²) in [7, 11) is 0. The van der Waals surface area contributed by atoms with Crippen molar-refractivity contribution in [3.05, 3.63) is 75.4 Å². The zero-order valence-electron chi connectivity index (χ0n) is 15.5. The fraction of sp³-hybridized carbons (Fsp3) is 0.286. The molecule has 0 saturated heterocycles. The first kappa shape index (κ1) is 18.6. The maximum Gasteiger partial charge on any atom is 0.331 e. The van der Waals surface area contributed by atoms with Crippen molar-refractivity contribution in [3.63, 3.8) is 0 Å². The van der Waals surface area contributed by atoms with Gasteiger partial charge in [-0.1, -0.05) is 44.2 Å². The van der Waals surface area contributed by atoms with Gasteiger partial charge in [0.05, 0.1) is 10.9 Å². The Bertz CT molecular complexity index is 1070. The number of fused-ring (bicyclic) bond motifs is 1. The van der Waals surface area contributed by atoms with Crippen LogP contribution in [-0.2, 0) is 17.9 Å². The number of rotatable bonds is 6. The standard InChI is InChI=1S/C21H23N3O3/c1-15(2)12-13-23-20(26)17-10-6-7-11-18(17)24(21(23)27)14-19(25)22-16-8-4-3-5-9-16/h3-11,15H,12-14H2,1-2H3,(H,22,25). The molecule has 1 heterocycles. The van der Waals surface area contributed by atoms with Crippen molar-refractivity contribution < 1.29 is 4.79 Å². The van der Waals surface area contributed by atoms with Crippen molar-refractivity contribution in [2.75, 3.05) is 5.32 Å². The summed E-state index contributed by atoms with van der Waals surface area (Å²) in [6, 6.07) is 16.0. The normalized spacial score (nSPS) is 11.1. The van der Waals surface area contributed by atoms with E-state index in [1.54, 1.807) is 36.4 Å². The molecule has 2 aromatic carbocycles. The van der Waals surface area contributed by atoms with E-state index in [0.29, 0.717) is 35.5 Å². The second-order valence-electron chi connectivity index (χ2n) is 6.94. The minimum Gasteiger partial charge on any atom is -0.325 e. The molecule has 1 N–H and O–H groups in total. The molecule has 0 radical (unpaired) electrons. The number of carbonyl (C=O) groups excluding carboxylic acids is 1. The molecule has 6 heteroatoms. The molecule has 6 nitrogen and oxygen atoms in total. The summed E-state index contributed by atoms with van der Waals surface area (Å²) in [5.74, 6) is 0.0418. The molecule has 0 atom stereocenters. The average molecular weight is 365 g/mol. The molecule has 0 spiro atoms. The first-order valence-corrected chi connectivity index (χ1v) is 9.04. The summed E-state index contributed by atoms with van der Waals surface area (Å²) in [4.78, 5) is 38.2. The van der Waals surface area contributed by atoms with Gasteiger partial charge < -0.3 is 5.32 Å². The largest absolute Gasteiger partial charge is 0.331 e. The monoisotopic (exact) mass is 365 g/mol. The molecule has 0 unspecified atom stereocenters. The van der Waals surface area contributed by atoms with Crippen molar-refractivity contribution in [1.29, 1.82) is 0 Å². The number of hydrogen-bond donors (Lipinski definition) is 1. The molecule has 0 aliphatic carbocycles. The number of para-hydroxylation sites is 2. The second kappa shape index (κ2) is 8.03. The first-order chi connectivity index (χ1) is 13.0. The second-order valence-corrected chi connectivity index (χ2v) is 6.94. The van der Waals surface area contributed by atoms with Crippen LogP contribution >= 0.6 is 0 Å². The number of anilines is 1. The molecule has 3 rings (SSSR count). The van der Waals surface area contributed by atoms with Gasteiger partial charge in [-0.25, -0.2) is 4.79 Å². The van der Waals surface area contributed by atoms with Gasteiger partial charge in [0.25, 0.3) is 5.56 Å². The molecular formula is C21H23N3O3. The quantitative estimate of drug-likeness (QED) is 0.730. The Kier molecular flexibility index (Phi) is 5.54. The van der Waals surface area contributed by atoms with Gasteiger partial charge in [0.1, 0.15) is 6.54 Å². The van der Waals surface area contributed by atoms with E-state index in [-0.39, 0.29) is 18.0 Å². The summed E-state index contributed by atoms with van der Waals surface area (Å²) in [6.07, 6.45) is 0.712. The van der Waals surface area contributed by atoms with E-state index in [1.807, 2.05) is 32.0 Å². The third-order valence-corrected chi connectivity index (χ3v) is 4.42. The van der Waals surface area contributed by atoms with Gasteiger partial charge in [0.15, 0.2) is 0 Å². The number of carbonyl (C=O) groups is 1. The summed E-state index contributed by atoms with van der Waals surface area (Å²) in [5.41, 5.74) is 0.364. The predicted molar refractivity (Wildman–Crippen MR) is 107 cm³/mol. The van der Waals surface area contributed by atoms with Crippen LogP contribution < -0.4 is 16.6 Å². The van der Waals surface area contributed by atoms with Crippen LogP contribution in [0.3, 0.4) is 0 Å². The lowest BCUT2D eigenvalue weighted by molar-refractivity contribution is -0.116. The van der Waals surface area contributed by atoms with Crippen LogP contribution in [-0.4, -0.2) is 15.0 Å². The summed E-state index contributed by atoms with van der Waals surface area (Å²) in [5, 5.41) is 3.22. The smallest absolute Gasteiger partial charge is 0.325 e. The highest BCUT2D eigenvalue weighted by molar-refractivity contribution is 5.91. The van der Waals surface area contributed by atoms with E-state index in [4.69, 9.17) is 0 Å². The van der Waals surface area contributed by atoms with Crippen LogP contribution in [0.15, 0.2) is 64.2 Å². The van der Waals surface area contributed by atoms with Gasteiger partial charge in [0, 0.05) is 12.2 Å². The van der Waals surface area contributed by atoms with Crippen LogP contribution in [0.1, 0.15) is 20.3 Å². The molecule has 1 amide bonds. The third-order valence-electron chi connectivity index (χ3n) is 4.42. The molecule has 3 aromatic rings. The molecule has 0 aliphatic heterocycles. The van der Waals surface area contributed by atoms with Crippen LogP contribution in [0, 0.1) is 5.92 Å². The lowest BCUT2D eigenvalue weighted by Crippen LogP contribution is -2.42. The molecule has 0 bridgehead atoms. The number of benzene rings is 2. The predicted octanol–water partition coefficient (Wildman–Crippen LogP) is 2.85. The molecule has 0 fully saturated rings. The number of hydrogen-bond acceptors (Lipinski definition) is 3. The topological polar surface area (TPSA) is 73.1 Å². The number of aromatic nitrogens is 2. The Morgan fingerprint density at radius 1 is 0.963 bits per heavy atom. The minimum absolute atomic E-state index is 0.157. The number of nitrogens with zero attached hydrogens (tertiary/aromatic N) is 2. The van der Waals surface area contributed by atoms with E-state index < -0.39 is 5.69 Å².